The quantitative estimate of drug-likeness (QED) is 0.176. The zero-order valence-corrected chi connectivity index (χ0v) is 26.3. The van der Waals surface area contributed by atoms with Gasteiger partial charge in [0.2, 0.25) is 0 Å². The Morgan fingerprint density at radius 1 is 0.535 bits per heavy atom. The number of furan rings is 1. The summed E-state index contributed by atoms with van der Waals surface area (Å²) in [6, 6.07) is 3.13. The molecule has 236 valence electrons. The molecule has 6 rings (SSSR count). The maximum Gasteiger partial charge on any atom is 0.170 e. The lowest BCUT2D eigenvalue weighted by Crippen LogP contribution is -2.25. The van der Waals surface area contributed by atoms with Crippen molar-refractivity contribution in [2.75, 3.05) is 0 Å². The van der Waals surface area contributed by atoms with Crippen LogP contribution in [0.1, 0.15) is 152 Å². The monoisotopic (exact) mass is 598 g/mol. The van der Waals surface area contributed by atoms with Crippen molar-refractivity contribution in [3.63, 3.8) is 0 Å². The van der Waals surface area contributed by atoms with E-state index in [1.54, 1.807) is 12.1 Å². The summed E-state index contributed by atoms with van der Waals surface area (Å²) in [5, 5.41) is -0.539. The molecule has 0 saturated heterocycles. The molecule has 3 aliphatic rings. The topological polar surface area (TPSA) is 13.1 Å². The fraction of sp³-hybridized carbons (Fsp3) is 0.684. The normalized spacial score (nSPS) is 28.6. The molecule has 43 heavy (non-hydrogen) atoms. The molecular weight excluding hydrogens is 548 g/mol. The predicted octanol–water partition coefficient (Wildman–Crippen LogP) is 12.9. The van der Waals surface area contributed by atoms with E-state index in [1.807, 2.05) is 0 Å². The van der Waals surface area contributed by atoms with Gasteiger partial charge in [-0.15, -0.1) is 0 Å². The van der Waals surface area contributed by atoms with Gasteiger partial charge in [-0.25, -0.2) is 17.6 Å². The van der Waals surface area contributed by atoms with Gasteiger partial charge in [-0.05, 0) is 123 Å². The first-order valence-corrected chi connectivity index (χ1v) is 17.6. The first kappa shape index (κ1) is 31.0. The molecule has 3 saturated carbocycles. The van der Waals surface area contributed by atoms with Crippen molar-refractivity contribution in [1.29, 1.82) is 0 Å². The second-order valence-electron chi connectivity index (χ2n) is 14.4. The van der Waals surface area contributed by atoms with Crippen LogP contribution in [0.2, 0.25) is 0 Å². The van der Waals surface area contributed by atoms with E-state index in [1.165, 1.54) is 57.8 Å². The molecule has 1 aromatic heterocycles. The Labute approximate surface area is 255 Å². The Kier molecular flexibility index (Phi) is 9.74. The van der Waals surface area contributed by atoms with E-state index in [-0.39, 0.29) is 33.8 Å². The van der Waals surface area contributed by atoms with E-state index < -0.39 is 23.3 Å². The van der Waals surface area contributed by atoms with Gasteiger partial charge < -0.3 is 4.42 Å². The fourth-order valence-corrected chi connectivity index (χ4v) is 9.29. The minimum atomic E-state index is -1.12. The maximum atomic E-state index is 15.7. The summed E-state index contributed by atoms with van der Waals surface area (Å²) in [6.07, 6.45) is 20.3. The lowest BCUT2D eigenvalue weighted by molar-refractivity contribution is 0.155. The maximum absolute atomic E-state index is 15.7. The first-order chi connectivity index (χ1) is 20.9. The van der Waals surface area contributed by atoms with Crippen molar-refractivity contribution in [2.24, 2.45) is 23.7 Å². The van der Waals surface area contributed by atoms with Gasteiger partial charge in [0, 0.05) is 0 Å². The average Bonchev–Trinajstić information content (AvgIpc) is 3.41. The van der Waals surface area contributed by atoms with Crippen LogP contribution in [-0.2, 0) is 0 Å². The highest BCUT2D eigenvalue weighted by Crippen LogP contribution is 2.47. The molecule has 0 bridgehead atoms. The van der Waals surface area contributed by atoms with Crippen molar-refractivity contribution >= 4 is 21.9 Å². The Morgan fingerprint density at radius 3 is 1.47 bits per heavy atom. The van der Waals surface area contributed by atoms with Crippen LogP contribution in [0.5, 0.6) is 0 Å². The van der Waals surface area contributed by atoms with Crippen LogP contribution in [0.4, 0.5) is 17.6 Å². The number of fused-ring (bicyclic) bond motifs is 3. The summed E-state index contributed by atoms with van der Waals surface area (Å²) in [5.41, 5.74) is 0.879. The Balaban J connectivity index is 1.17. The zero-order chi connectivity index (χ0) is 30.1. The number of halogens is 4. The van der Waals surface area contributed by atoms with Crippen molar-refractivity contribution in [3.8, 4) is 0 Å². The van der Waals surface area contributed by atoms with E-state index in [0.29, 0.717) is 23.0 Å². The fourth-order valence-electron chi connectivity index (χ4n) is 9.29. The molecule has 0 aliphatic heterocycles. The smallest absolute Gasteiger partial charge is 0.170 e. The van der Waals surface area contributed by atoms with Crippen LogP contribution in [0.15, 0.2) is 16.5 Å². The SMILES string of the molecule is CCCCCC1CCC(C2CCC(c3cc4oc5cc(C6CCC(CCC)CC6)c(F)c(F)c5c4c(F)c3F)CC2)CC1. The van der Waals surface area contributed by atoms with Gasteiger partial charge in [-0.1, -0.05) is 65.2 Å². The molecule has 0 atom stereocenters. The summed E-state index contributed by atoms with van der Waals surface area (Å²) in [4.78, 5) is 0. The lowest BCUT2D eigenvalue weighted by atomic mass is 9.68. The van der Waals surface area contributed by atoms with Crippen LogP contribution < -0.4 is 0 Å². The average molecular weight is 599 g/mol. The van der Waals surface area contributed by atoms with Crippen LogP contribution >= 0.6 is 0 Å². The zero-order valence-electron chi connectivity index (χ0n) is 26.3. The van der Waals surface area contributed by atoms with Gasteiger partial charge in [-0.2, -0.15) is 0 Å². The van der Waals surface area contributed by atoms with Crippen LogP contribution in [0.25, 0.3) is 21.9 Å². The van der Waals surface area contributed by atoms with Gasteiger partial charge >= 0.3 is 0 Å². The summed E-state index contributed by atoms with van der Waals surface area (Å²) in [5.74, 6) is -1.29. The standard InChI is InChI=1S/C38H50F4O/c1-3-5-6-8-24-9-13-25(14-10-24)26-17-19-28(20-18-26)30-22-32-34(38(42)36(30)40)33-31(43-32)21-29(35(39)37(33)41)27-15-11-23(7-4-2)12-16-27/h21-28H,3-20H2,1-2H3. The lowest BCUT2D eigenvalue weighted by Gasteiger charge is -2.38. The second-order valence-corrected chi connectivity index (χ2v) is 14.4. The van der Waals surface area contributed by atoms with Gasteiger partial charge in [0.05, 0.1) is 10.8 Å². The summed E-state index contributed by atoms with van der Waals surface area (Å²) < 4.78 is 68.2. The largest absolute Gasteiger partial charge is 0.456 e. The molecule has 2 aromatic carbocycles. The minimum absolute atomic E-state index is 0.0794. The summed E-state index contributed by atoms with van der Waals surface area (Å²) in [7, 11) is 0. The van der Waals surface area contributed by atoms with Gasteiger partial charge in [0.15, 0.2) is 23.3 Å². The van der Waals surface area contributed by atoms with Crippen molar-refractivity contribution < 1.29 is 22.0 Å². The molecule has 0 radical (unpaired) electrons. The van der Waals surface area contributed by atoms with E-state index >= 15 is 17.6 Å². The first-order valence-electron chi connectivity index (χ1n) is 17.6. The molecule has 0 spiro atoms. The van der Waals surface area contributed by atoms with E-state index in [4.69, 9.17) is 4.42 Å². The molecule has 3 fully saturated rings. The Morgan fingerprint density at radius 2 is 0.977 bits per heavy atom. The van der Waals surface area contributed by atoms with Crippen molar-refractivity contribution in [2.45, 2.75) is 141 Å². The predicted molar refractivity (Wildman–Crippen MR) is 167 cm³/mol. The highest BCUT2D eigenvalue weighted by molar-refractivity contribution is 6.06. The Bertz CT molecular complexity index is 1380. The number of benzene rings is 2. The van der Waals surface area contributed by atoms with Gasteiger partial charge in [-0.3, -0.25) is 0 Å². The van der Waals surface area contributed by atoms with E-state index in [2.05, 4.69) is 13.8 Å². The molecule has 1 nitrogen and oxygen atoms in total. The third-order valence-corrected chi connectivity index (χ3v) is 11.8. The van der Waals surface area contributed by atoms with Crippen LogP contribution in [0, 0.1) is 46.9 Å². The highest BCUT2D eigenvalue weighted by Gasteiger charge is 2.34. The van der Waals surface area contributed by atoms with E-state index in [0.717, 1.165) is 69.6 Å². The minimum Gasteiger partial charge on any atom is -0.456 e. The number of hydrogen-bond acceptors (Lipinski definition) is 1. The molecule has 3 aliphatic carbocycles. The number of rotatable bonds is 9. The molecule has 1 heterocycles. The third-order valence-electron chi connectivity index (χ3n) is 11.8. The van der Waals surface area contributed by atoms with Crippen molar-refractivity contribution in [1.82, 2.24) is 0 Å². The molecule has 0 unspecified atom stereocenters. The van der Waals surface area contributed by atoms with Crippen molar-refractivity contribution in [3.05, 3.63) is 46.5 Å². The summed E-state index contributed by atoms with van der Waals surface area (Å²) in [6.45, 7) is 4.44. The van der Waals surface area contributed by atoms with Crippen LogP contribution in [0.3, 0.4) is 0 Å². The Hall–Kier alpha value is -2.04. The molecule has 3 aromatic rings. The molecule has 5 heteroatoms. The summed E-state index contributed by atoms with van der Waals surface area (Å²) >= 11 is 0. The van der Waals surface area contributed by atoms with Gasteiger partial charge in [0.25, 0.3) is 0 Å². The second kappa shape index (κ2) is 13.5. The van der Waals surface area contributed by atoms with Gasteiger partial charge in [0.1, 0.15) is 11.2 Å². The molecular formula is C38H50F4O. The molecule has 0 amide bonds. The number of hydrogen-bond donors (Lipinski definition) is 0. The van der Waals surface area contributed by atoms with E-state index in [9.17, 15) is 0 Å². The number of unbranched alkanes of at least 4 members (excludes halogenated alkanes) is 2. The third kappa shape index (κ3) is 6.25. The molecule has 0 N–H and O–H groups in total. The van der Waals surface area contributed by atoms with Crippen LogP contribution in [-0.4, -0.2) is 0 Å². The highest BCUT2D eigenvalue weighted by atomic mass is 19.2.